The minimum Gasteiger partial charge on any atom is -0.475 e. The van der Waals surface area contributed by atoms with Gasteiger partial charge in [-0.2, -0.15) is 0 Å². The first-order valence-corrected chi connectivity index (χ1v) is 4.80. The lowest BCUT2D eigenvalue weighted by Gasteiger charge is -2.12. The van der Waals surface area contributed by atoms with E-state index in [1.165, 1.54) is 6.07 Å². The summed E-state index contributed by atoms with van der Waals surface area (Å²) in [6.45, 7) is 0.889. The summed E-state index contributed by atoms with van der Waals surface area (Å²) < 4.78 is 10.5. The summed E-state index contributed by atoms with van der Waals surface area (Å²) in [6.07, 6.45) is -0.639. The highest BCUT2D eigenvalue weighted by Gasteiger charge is 2.26. The number of hydrogen-bond acceptors (Lipinski definition) is 4. The fourth-order valence-electron chi connectivity index (χ4n) is 1.56. The number of aliphatic carboxylic acids is 1. The summed E-state index contributed by atoms with van der Waals surface area (Å²) in [4.78, 5) is 22.0. The molecule has 5 heteroatoms. The summed E-state index contributed by atoms with van der Waals surface area (Å²) in [5.41, 5.74) is 0.578. The number of hydrogen-bond donors (Lipinski definition) is 1. The molecule has 1 fully saturated rings. The number of Topliss-reactive ketones (excluding diaryl/α,β-unsaturated/α-hetero) is 1. The molecule has 5 nitrogen and oxygen atoms in total. The van der Waals surface area contributed by atoms with Crippen molar-refractivity contribution >= 4 is 11.8 Å². The van der Waals surface area contributed by atoms with Crippen LogP contribution in [0, 0.1) is 0 Å². The van der Waals surface area contributed by atoms with Crippen molar-refractivity contribution in [1.29, 1.82) is 0 Å². The molecule has 0 radical (unpaired) electrons. The first kappa shape index (κ1) is 10.8. The number of carbonyl (C=O) groups is 2. The molecule has 1 aromatic carbocycles. The van der Waals surface area contributed by atoms with Crippen molar-refractivity contribution in [2.75, 3.05) is 13.2 Å². The summed E-state index contributed by atoms with van der Waals surface area (Å²) in [7, 11) is 0. The van der Waals surface area contributed by atoms with E-state index < -0.39 is 18.0 Å². The van der Waals surface area contributed by atoms with Gasteiger partial charge in [0, 0.05) is 11.1 Å². The molecule has 0 atom stereocenters. The lowest BCUT2D eigenvalue weighted by molar-refractivity contribution is -0.131. The lowest BCUT2D eigenvalue weighted by Crippen LogP contribution is -2.16. The third-order valence-electron chi connectivity index (χ3n) is 2.28. The Kier molecular flexibility index (Phi) is 2.98. The standard InChI is InChI=1S/C11H10O5/c12-9(10(13)14)7-3-1-2-4-8(7)11-15-5-6-16-11/h1-4,11H,5-6H2,(H,13,14). The topological polar surface area (TPSA) is 72.8 Å². The van der Waals surface area contributed by atoms with Crippen molar-refractivity contribution in [3.05, 3.63) is 35.4 Å². The predicted octanol–water partition coefficient (Wildman–Crippen LogP) is 0.999. The molecule has 0 amide bonds. The van der Waals surface area contributed by atoms with E-state index in [-0.39, 0.29) is 5.56 Å². The zero-order chi connectivity index (χ0) is 11.5. The van der Waals surface area contributed by atoms with Gasteiger partial charge in [-0.15, -0.1) is 0 Å². The molecule has 0 aliphatic carbocycles. The zero-order valence-electron chi connectivity index (χ0n) is 8.38. The SMILES string of the molecule is O=C(O)C(=O)c1ccccc1C1OCCO1. The van der Waals surface area contributed by atoms with Gasteiger partial charge < -0.3 is 14.6 Å². The molecule has 0 aromatic heterocycles. The molecule has 1 N–H and O–H groups in total. The van der Waals surface area contributed by atoms with Gasteiger partial charge in [0.25, 0.3) is 5.78 Å². The summed E-state index contributed by atoms with van der Waals surface area (Å²) >= 11 is 0. The molecule has 1 aliphatic rings. The van der Waals surface area contributed by atoms with Gasteiger partial charge in [-0.1, -0.05) is 24.3 Å². The molecule has 0 bridgehead atoms. The summed E-state index contributed by atoms with van der Waals surface area (Å²) in [5, 5.41) is 8.67. The Bertz CT molecular complexity index is 420. The molecule has 2 rings (SSSR count). The molecule has 0 saturated carbocycles. The summed E-state index contributed by atoms with van der Waals surface area (Å²) in [5.74, 6) is -2.43. The predicted molar refractivity (Wildman–Crippen MR) is 53.1 cm³/mol. The molecule has 1 aromatic rings. The Balaban J connectivity index is 2.37. The number of rotatable bonds is 3. The van der Waals surface area contributed by atoms with E-state index in [1.54, 1.807) is 18.2 Å². The third-order valence-corrected chi connectivity index (χ3v) is 2.28. The van der Waals surface area contributed by atoms with Gasteiger partial charge >= 0.3 is 5.97 Å². The highest BCUT2D eigenvalue weighted by molar-refractivity contribution is 6.40. The van der Waals surface area contributed by atoms with Crippen LogP contribution in [0.4, 0.5) is 0 Å². The second-order valence-electron chi connectivity index (χ2n) is 3.30. The highest BCUT2D eigenvalue weighted by atomic mass is 16.7. The van der Waals surface area contributed by atoms with Crippen molar-refractivity contribution in [3.8, 4) is 0 Å². The maximum atomic E-state index is 11.4. The molecule has 0 unspecified atom stereocenters. The van der Waals surface area contributed by atoms with E-state index in [0.717, 1.165) is 0 Å². The largest absolute Gasteiger partial charge is 0.475 e. The normalized spacial score (nSPS) is 16.2. The van der Waals surface area contributed by atoms with E-state index in [2.05, 4.69) is 0 Å². The van der Waals surface area contributed by atoms with E-state index in [9.17, 15) is 9.59 Å². The number of carboxylic acids is 1. The fourth-order valence-corrected chi connectivity index (χ4v) is 1.56. The van der Waals surface area contributed by atoms with Crippen molar-refractivity contribution < 1.29 is 24.2 Å². The minimum absolute atomic E-state index is 0.113. The van der Waals surface area contributed by atoms with Crippen LogP contribution in [0.1, 0.15) is 22.2 Å². The number of carbonyl (C=O) groups excluding carboxylic acids is 1. The van der Waals surface area contributed by atoms with E-state index >= 15 is 0 Å². The maximum absolute atomic E-state index is 11.4. The van der Waals surface area contributed by atoms with Crippen molar-refractivity contribution in [3.63, 3.8) is 0 Å². The monoisotopic (exact) mass is 222 g/mol. The quantitative estimate of drug-likeness (QED) is 0.610. The van der Waals surface area contributed by atoms with Gasteiger partial charge in [-0.25, -0.2) is 4.79 Å². The molecular formula is C11H10O5. The lowest BCUT2D eigenvalue weighted by atomic mass is 10.0. The molecule has 84 valence electrons. The first-order chi connectivity index (χ1) is 7.70. The van der Waals surface area contributed by atoms with Crippen LogP contribution in [0.2, 0.25) is 0 Å². The van der Waals surface area contributed by atoms with Crippen LogP contribution in [0.15, 0.2) is 24.3 Å². The Morgan fingerprint density at radius 3 is 2.44 bits per heavy atom. The Hall–Kier alpha value is -1.72. The molecule has 0 spiro atoms. The Morgan fingerprint density at radius 2 is 1.81 bits per heavy atom. The Labute approximate surface area is 91.6 Å². The fraction of sp³-hybridized carbons (Fsp3) is 0.273. The smallest absolute Gasteiger partial charge is 0.377 e. The number of benzene rings is 1. The number of ketones is 1. The second-order valence-corrected chi connectivity index (χ2v) is 3.30. The van der Waals surface area contributed by atoms with E-state index in [0.29, 0.717) is 18.8 Å². The van der Waals surface area contributed by atoms with Crippen LogP contribution in [0.3, 0.4) is 0 Å². The van der Waals surface area contributed by atoms with Crippen molar-refractivity contribution in [1.82, 2.24) is 0 Å². The van der Waals surface area contributed by atoms with Crippen LogP contribution in [-0.2, 0) is 14.3 Å². The molecule has 1 aliphatic heterocycles. The summed E-state index contributed by atoms with van der Waals surface area (Å²) in [6, 6.07) is 6.40. The highest BCUT2D eigenvalue weighted by Crippen LogP contribution is 2.26. The molecule has 16 heavy (non-hydrogen) atoms. The zero-order valence-corrected chi connectivity index (χ0v) is 8.38. The molecular weight excluding hydrogens is 212 g/mol. The molecule has 1 saturated heterocycles. The van der Waals surface area contributed by atoms with Crippen LogP contribution >= 0.6 is 0 Å². The average Bonchev–Trinajstić information content (AvgIpc) is 2.81. The average molecular weight is 222 g/mol. The second kappa shape index (κ2) is 4.42. The van der Waals surface area contributed by atoms with Crippen LogP contribution in [0.5, 0.6) is 0 Å². The first-order valence-electron chi connectivity index (χ1n) is 4.80. The van der Waals surface area contributed by atoms with Gasteiger partial charge in [-0.3, -0.25) is 4.79 Å². The minimum atomic E-state index is -1.48. The van der Waals surface area contributed by atoms with Gasteiger partial charge in [0.2, 0.25) is 0 Å². The van der Waals surface area contributed by atoms with Crippen molar-refractivity contribution in [2.45, 2.75) is 6.29 Å². The maximum Gasteiger partial charge on any atom is 0.377 e. The van der Waals surface area contributed by atoms with Crippen LogP contribution in [0.25, 0.3) is 0 Å². The van der Waals surface area contributed by atoms with Gasteiger partial charge in [-0.05, 0) is 0 Å². The van der Waals surface area contributed by atoms with Crippen LogP contribution in [-0.4, -0.2) is 30.1 Å². The van der Waals surface area contributed by atoms with Gasteiger partial charge in [0.15, 0.2) is 6.29 Å². The molecule has 1 heterocycles. The van der Waals surface area contributed by atoms with E-state index in [4.69, 9.17) is 14.6 Å². The van der Waals surface area contributed by atoms with E-state index in [1.807, 2.05) is 0 Å². The Morgan fingerprint density at radius 1 is 1.19 bits per heavy atom. The third kappa shape index (κ3) is 1.95. The van der Waals surface area contributed by atoms with Gasteiger partial charge in [0.1, 0.15) is 0 Å². The van der Waals surface area contributed by atoms with Gasteiger partial charge in [0.05, 0.1) is 13.2 Å². The number of carboxylic acid groups (broad SMARTS) is 1. The number of ether oxygens (including phenoxy) is 2. The van der Waals surface area contributed by atoms with Crippen molar-refractivity contribution in [2.24, 2.45) is 0 Å². The van der Waals surface area contributed by atoms with Crippen LogP contribution < -0.4 is 0 Å².